The van der Waals surface area contributed by atoms with Crippen molar-refractivity contribution in [3.8, 4) is 0 Å². The minimum absolute atomic E-state index is 0.0202. The molecule has 6 heteroatoms. The lowest BCUT2D eigenvalue weighted by molar-refractivity contribution is -0.119. The van der Waals surface area contributed by atoms with Crippen LogP contribution in [-0.4, -0.2) is 35.5 Å². The van der Waals surface area contributed by atoms with Crippen molar-refractivity contribution in [2.45, 2.75) is 11.4 Å². The molecule has 0 radical (unpaired) electrons. The van der Waals surface area contributed by atoms with Gasteiger partial charge >= 0.3 is 0 Å². The van der Waals surface area contributed by atoms with Gasteiger partial charge in [-0.3, -0.25) is 19.9 Å². The van der Waals surface area contributed by atoms with Gasteiger partial charge in [0.25, 0.3) is 0 Å². The van der Waals surface area contributed by atoms with Gasteiger partial charge in [-0.1, -0.05) is 48.5 Å². The number of nitrogens with zero attached hydrogens (tertiary/aromatic N) is 2. The lowest BCUT2D eigenvalue weighted by Gasteiger charge is -2.22. The highest BCUT2D eigenvalue weighted by Crippen LogP contribution is 2.33. The van der Waals surface area contributed by atoms with Gasteiger partial charge in [0.15, 0.2) is 5.78 Å². The first-order chi connectivity index (χ1) is 14.1. The summed E-state index contributed by atoms with van der Waals surface area (Å²) in [5.41, 5.74) is 2.96. The zero-order chi connectivity index (χ0) is 20.2. The number of carbonyl (C=O) groups is 2. The van der Waals surface area contributed by atoms with E-state index in [4.69, 9.17) is 0 Å². The highest BCUT2D eigenvalue weighted by molar-refractivity contribution is 7.99. The topological polar surface area (TPSA) is 62.3 Å². The fraction of sp³-hybridized carbons (Fsp3) is 0.174. The monoisotopic (exact) mass is 403 g/mol. The van der Waals surface area contributed by atoms with Crippen LogP contribution < -0.4 is 10.2 Å². The fourth-order valence-electron chi connectivity index (χ4n) is 3.31. The van der Waals surface area contributed by atoms with Crippen LogP contribution in [-0.2, 0) is 4.79 Å². The Balaban J connectivity index is 1.48. The Kier molecular flexibility index (Phi) is 5.74. The maximum atomic E-state index is 13.0. The van der Waals surface area contributed by atoms with E-state index in [1.807, 2.05) is 48.7 Å². The summed E-state index contributed by atoms with van der Waals surface area (Å²) >= 11 is 1.70. The summed E-state index contributed by atoms with van der Waals surface area (Å²) in [5, 5.41) is 3.44. The van der Waals surface area contributed by atoms with Crippen molar-refractivity contribution in [1.29, 1.82) is 0 Å². The third kappa shape index (κ3) is 4.23. The molecule has 0 bridgehead atoms. The second kappa shape index (κ2) is 8.59. The SMILES string of the molecule is CN(C(=O)C1CSC(c2cccnc2)N1)c1cccc(C(=O)c2ccccc2)c1. The summed E-state index contributed by atoms with van der Waals surface area (Å²) in [4.78, 5) is 31.5. The minimum atomic E-state index is -0.288. The van der Waals surface area contributed by atoms with Crippen LogP contribution in [0.5, 0.6) is 0 Å². The van der Waals surface area contributed by atoms with E-state index in [1.165, 1.54) is 0 Å². The molecule has 1 amide bonds. The van der Waals surface area contributed by atoms with E-state index < -0.39 is 0 Å². The molecule has 1 aliphatic rings. The van der Waals surface area contributed by atoms with Crippen molar-refractivity contribution >= 4 is 29.1 Å². The number of rotatable bonds is 5. The molecule has 0 aliphatic carbocycles. The van der Waals surface area contributed by atoms with Crippen molar-refractivity contribution in [3.63, 3.8) is 0 Å². The number of anilines is 1. The van der Waals surface area contributed by atoms with Crippen LogP contribution >= 0.6 is 11.8 Å². The number of aromatic nitrogens is 1. The molecular formula is C23H21N3O2S. The van der Waals surface area contributed by atoms with Gasteiger partial charge in [0.1, 0.15) is 0 Å². The third-order valence-electron chi connectivity index (χ3n) is 4.93. The van der Waals surface area contributed by atoms with Crippen LogP contribution in [0, 0.1) is 0 Å². The first-order valence-corrected chi connectivity index (χ1v) is 10.4. The number of hydrogen-bond donors (Lipinski definition) is 1. The smallest absolute Gasteiger partial charge is 0.244 e. The summed E-state index contributed by atoms with van der Waals surface area (Å²) in [5.74, 6) is 0.610. The Labute approximate surface area is 174 Å². The van der Waals surface area contributed by atoms with Crippen LogP contribution in [0.1, 0.15) is 26.9 Å². The number of hydrogen-bond acceptors (Lipinski definition) is 5. The molecule has 1 aliphatic heterocycles. The van der Waals surface area contributed by atoms with Crippen molar-refractivity contribution < 1.29 is 9.59 Å². The summed E-state index contributed by atoms with van der Waals surface area (Å²) in [6.07, 6.45) is 3.56. The van der Waals surface area contributed by atoms with Gasteiger partial charge in [0.2, 0.25) is 5.91 Å². The Hall–Kier alpha value is -2.96. The van der Waals surface area contributed by atoms with E-state index in [9.17, 15) is 9.59 Å². The number of pyridine rings is 1. The van der Waals surface area contributed by atoms with Crippen LogP contribution in [0.3, 0.4) is 0 Å². The lowest BCUT2D eigenvalue weighted by Crippen LogP contribution is -2.43. The lowest BCUT2D eigenvalue weighted by atomic mass is 10.0. The summed E-state index contributed by atoms with van der Waals surface area (Å²) in [7, 11) is 1.75. The van der Waals surface area contributed by atoms with E-state index in [0.717, 1.165) is 5.56 Å². The maximum Gasteiger partial charge on any atom is 0.244 e. The van der Waals surface area contributed by atoms with Crippen molar-refractivity contribution in [2.24, 2.45) is 0 Å². The van der Waals surface area contributed by atoms with Gasteiger partial charge in [0, 0.05) is 42.0 Å². The summed E-state index contributed by atoms with van der Waals surface area (Å²) < 4.78 is 0. The normalized spacial score (nSPS) is 18.4. The molecule has 2 heterocycles. The third-order valence-corrected chi connectivity index (χ3v) is 6.20. The van der Waals surface area contributed by atoms with E-state index in [1.54, 1.807) is 54.2 Å². The molecule has 1 saturated heterocycles. The molecule has 1 aromatic heterocycles. The quantitative estimate of drug-likeness (QED) is 0.659. The van der Waals surface area contributed by atoms with Crippen LogP contribution in [0.25, 0.3) is 0 Å². The van der Waals surface area contributed by atoms with Crippen molar-refractivity contribution in [3.05, 3.63) is 95.8 Å². The first-order valence-electron chi connectivity index (χ1n) is 9.38. The second-order valence-corrected chi connectivity index (χ2v) is 8.00. The minimum Gasteiger partial charge on any atom is -0.314 e. The Morgan fingerprint density at radius 1 is 1.03 bits per heavy atom. The van der Waals surface area contributed by atoms with Crippen LogP contribution in [0.15, 0.2) is 79.1 Å². The highest BCUT2D eigenvalue weighted by Gasteiger charge is 2.32. The molecule has 29 heavy (non-hydrogen) atoms. The van der Waals surface area contributed by atoms with Gasteiger partial charge in [0.05, 0.1) is 11.4 Å². The molecule has 4 rings (SSSR count). The first kappa shape index (κ1) is 19.4. The van der Waals surface area contributed by atoms with E-state index in [-0.39, 0.29) is 23.1 Å². The number of benzene rings is 2. The summed E-state index contributed by atoms with van der Waals surface area (Å²) in [6, 6.07) is 20.0. The van der Waals surface area contributed by atoms with Crippen molar-refractivity contribution in [1.82, 2.24) is 10.3 Å². The molecule has 0 spiro atoms. The zero-order valence-corrected chi connectivity index (χ0v) is 16.8. The molecule has 5 nitrogen and oxygen atoms in total. The molecular weight excluding hydrogens is 382 g/mol. The number of thioether (sulfide) groups is 1. The number of amides is 1. The number of likely N-dealkylation sites (N-methyl/N-ethyl adjacent to an activating group) is 1. The Morgan fingerprint density at radius 3 is 2.59 bits per heavy atom. The highest BCUT2D eigenvalue weighted by atomic mass is 32.2. The molecule has 0 saturated carbocycles. The largest absolute Gasteiger partial charge is 0.314 e. The maximum absolute atomic E-state index is 13.0. The van der Waals surface area contributed by atoms with Gasteiger partial charge in [-0.2, -0.15) is 0 Å². The molecule has 1 fully saturated rings. The molecule has 2 unspecified atom stereocenters. The van der Waals surface area contributed by atoms with E-state index >= 15 is 0 Å². The zero-order valence-electron chi connectivity index (χ0n) is 16.0. The van der Waals surface area contributed by atoms with Gasteiger partial charge in [-0.15, -0.1) is 11.8 Å². The molecule has 146 valence electrons. The molecule has 1 N–H and O–H groups in total. The molecule has 3 aromatic rings. The van der Waals surface area contributed by atoms with Gasteiger partial charge in [-0.05, 0) is 23.8 Å². The molecule has 2 aromatic carbocycles. The van der Waals surface area contributed by atoms with E-state index in [0.29, 0.717) is 22.6 Å². The average Bonchev–Trinajstić information content (AvgIpc) is 3.29. The van der Waals surface area contributed by atoms with Crippen molar-refractivity contribution in [2.75, 3.05) is 17.7 Å². The number of carbonyl (C=O) groups excluding carboxylic acids is 2. The number of ketones is 1. The number of nitrogens with one attached hydrogen (secondary N) is 1. The van der Waals surface area contributed by atoms with Crippen LogP contribution in [0.4, 0.5) is 5.69 Å². The van der Waals surface area contributed by atoms with E-state index in [2.05, 4.69) is 10.3 Å². The predicted molar refractivity (Wildman–Crippen MR) is 116 cm³/mol. The Bertz CT molecular complexity index is 1010. The standard InChI is InChI=1S/C23H21N3O2S/c1-26(23(28)20-15-29-22(25-20)18-10-6-12-24-14-18)19-11-5-9-17(13-19)21(27)16-7-3-2-4-8-16/h2-14,20,22,25H,15H2,1H3. The van der Waals surface area contributed by atoms with Gasteiger partial charge in [-0.25, -0.2) is 0 Å². The Morgan fingerprint density at radius 2 is 1.83 bits per heavy atom. The fourth-order valence-corrected chi connectivity index (χ4v) is 4.53. The summed E-state index contributed by atoms with van der Waals surface area (Å²) in [6.45, 7) is 0. The predicted octanol–water partition coefficient (Wildman–Crippen LogP) is 3.68. The second-order valence-electron chi connectivity index (χ2n) is 6.86. The van der Waals surface area contributed by atoms with Gasteiger partial charge < -0.3 is 4.90 Å². The van der Waals surface area contributed by atoms with Crippen LogP contribution in [0.2, 0.25) is 0 Å². The molecule has 2 atom stereocenters. The average molecular weight is 404 g/mol.